The van der Waals surface area contributed by atoms with Crippen molar-refractivity contribution in [2.24, 2.45) is 0 Å². The Morgan fingerprint density at radius 1 is 1.33 bits per heavy atom. The van der Waals surface area contributed by atoms with E-state index in [9.17, 15) is 18.8 Å². The van der Waals surface area contributed by atoms with E-state index in [0.29, 0.717) is 22.1 Å². The lowest BCUT2D eigenvalue weighted by Gasteiger charge is -2.13. The number of nitrogens with zero attached hydrogens (tertiary/aromatic N) is 3. The summed E-state index contributed by atoms with van der Waals surface area (Å²) in [7, 11) is 0. The summed E-state index contributed by atoms with van der Waals surface area (Å²) < 4.78 is 26.7. The molecule has 0 aliphatic heterocycles. The Kier molecular flexibility index (Phi) is 5.46. The predicted molar refractivity (Wildman–Crippen MR) is 86.5 cm³/mol. The Balaban J connectivity index is 2.18. The molecule has 1 amide bonds. The molecule has 1 aromatic carbocycles. The van der Waals surface area contributed by atoms with Crippen LogP contribution in [0.5, 0.6) is 0 Å². The van der Waals surface area contributed by atoms with Crippen molar-refractivity contribution < 1.29 is 13.6 Å². The minimum Gasteiger partial charge on any atom is -0.323 e. The number of halogens is 2. The highest BCUT2D eigenvalue weighted by molar-refractivity contribution is 8.00. The number of aromatic nitrogens is 2. The normalized spacial score (nSPS) is 11.7. The van der Waals surface area contributed by atoms with Gasteiger partial charge in [-0.2, -0.15) is 5.26 Å². The van der Waals surface area contributed by atoms with Gasteiger partial charge in [0.1, 0.15) is 34.1 Å². The fourth-order valence-corrected chi connectivity index (χ4v) is 2.94. The molecule has 1 heterocycles. The third-order valence-corrected chi connectivity index (χ3v) is 4.21. The van der Waals surface area contributed by atoms with Crippen molar-refractivity contribution in [3.8, 4) is 6.07 Å². The van der Waals surface area contributed by atoms with E-state index in [0.717, 1.165) is 30.0 Å². The molecular weight excluding hydrogens is 334 g/mol. The topological polar surface area (TPSA) is 78.7 Å². The number of carbonyl (C=O) groups excluding carboxylic acids is 1. The first-order valence-corrected chi connectivity index (χ1v) is 7.87. The van der Waals surface area contributed by atoms with Crippen molar-refractivity contribution in [1.29, 1.82) is 5.26 Å². The lowest BCUT2D eigenvalue weighted by atomic mass is 10.2. The van der Waals surface area contributed by atoms with Gasteiger partial charge in [-0.1, -0.05) is 11.8 Å². The van der Waals surface area contributed by atoms with Gasteiger partial charge in [0.25, 0.3) is 0 Å². The van der Waals surface area contributed by atoms with Crippen molar-refractivity contribution in [3.63, 3.8) is 0 Å². The minimum atomic E-state index is -0.728. The highest BCUT2D eigenvalue weighted by Gasteiger charge is 2.20. The molecule has 2 rings (SSSR count). The van der Waals surface area contributed by atoms with E-state index in [2.05, 4.69) is 15.3 Å². The summed E-state index contributed by atoms with van der Waals surface area (Å²) in [6.07, 6.45) is 0. The zero-order valence-corrected chi connectivity index (χ0v) is 14.0. The van der Waals surface area contributed by atoms with Crippen LogP contribution in [0.25, 0.3) is 0 Å². The van der Waals surface area contributed by atoms with Crippen LogP contribution in [0.15, 0.2) is 23.2 Å². The summed E-state index contributed by atoms with van der Waals surface area (Å²) in [5.74, 6) is -1.42. The second kappa shape index (κ2) is 7.36. The zero-order chi connectivity index (χ0) is 17.9. The molecule has 0 bridgehead atoms. The van der Waals surface area contributed by atoms with Crippen molar-refractivity contribution in [3.05, 3.63) is 46.9 Å². The summed E-state index contributed by atoms with van der Waals surface area (Å²) in [4.78, 5) is 20.5. The van der Waals surface area contributed by atoms with Crippen LogP contribution in [0.4, 0.5) is 14.5 Å². The van der Waals surface area contributed by atoms with Gasteiger partial charge in [-0.15, -0.1) is 0 Å². The predicted octanol–water partition coefficient (Wildman–Crippen LogP) is 3.36. The molecule has 1 N–H and O–H groups in total. The molecule has 0 saturated carbocycles. The number of anilines is 1. The molecule has 5 nitrogen and oxygen atoms in total. The molecule has 124 valence electrons. The van der Waals surface area contributed by atoms with Gasteiger partial charge in [-0.05, 0) is 32.9 Å². The summed E-state index contributed by atoms with van der Waals surface area (Å²) in [6, 6.07) is 4.83. The highest BCUT2D eigenvalue weighted by atomic mass is 32.2. The van der Waals surface area contributed by atoms with Crippen LogP contribution >= 0.6 is 11.8 Å². The second-order valence-electron chi connectivity index (χ2n) is 5.02. The number of hydrogen-bond acceptors (Lipinski definition) is 5. The molecular formula is C16H14F2N4OS. The van der Waals surface area contributed by atoms with E-state index >= 15 is 0 Å². The monoisotopic (exact) mass is 348 g/mol. The van der Waals surface area contributed by atoms with Crippen LogP contribution in [-0.2, 0) is 4.79 Å². The maximum absolute atomic E-state index is 13.6. The van der Waals surface area contributed by atoms with Gasteiger partial charge in [-0.3, -0.25) is 4.79 Å². The fraction of sp³-hybridized carbons (Fsp3) is 0.250. The molecule has 0 radical (unpaired) electrons. The van der Waals surface area contributed by atoms with Crippen LogP contribution in [0.1, 0.15) is 24.0 Å². The van der Waals surface area contributed by atoms with E-state index < -0.39 is 22.8 Å². The first kappa shape index (κ1) is 17.8. The summed E-state index contributed by atoms with van der Waals surface area (Å²) >= 11 is 1.06. The third kappa shape index (κ3) is 4.06. The van der Waals surface area contributed by atoms with Gasteiger partial charge in [0.05, 0.1) is 16.6 Å². The van der Waals surface area contributed by atoms with Gasteiger partial charge in [0, 0.05) is 6.07 Å². The number of benzene rings is 1. The Labute approximate surface area is 142 Å². The average Bonchev–Trinajstić information content (AvgIpc) is 2.50. The van der Waals surface area contributed by atoms with Crippen molar-refractivity contribution in [2.75, 3.05) is 5.32 Å². The number of rotatable bonds is 4. The standard InChI is InChI=1S/C16H14F2N4OS/c1-8-12(7-19)16(21-10(3)20-8)24-9(2)15(23)22-14-6-11(17)4-5-13(14)18/h4-6,9H,1-3H3,(H,22,23). The van der Waals surface area contributed by atoms with Gasteiger partial charge in [0.2, 0.25) is 5.91 Å². The number of amides is 1. The fourth-order valence-electron chi connectivity index (χ4n) is 1.94. The van der Waals surface area contributed by atoms with Crippen LogP contribution in [-0.4, -0.2) is 21.1 Å². The van der Waals surface area contributed by atoms with E-state index in [1.54, 1.807) is 20.8 Å². The van der Waals surface area contributed by atoms with Crippen LogP contribution in [0, 0.1) is 36.8 Å². The quantitative estimate of drug-likeness (QED) is 0.677. The SMILES string of the molecule is Cc1nc(C)c(C#N)c(SC(C)C(=O)Nc2cc(F)ccc2F)n1. The third-order valence-electron chi connectivity index (χ3n) is 3.12. The van der Waals surface area contributed by atoms with E-state index in [-0.39, 0.29) is 5.69 Å². The van der Waals surface area contributed by atoms with Crippen molar-refractivity contribution >= 4 is 23.4 Å². The van der Waals surface area contributed by atoms with Crippen LogP contribution in [0.2, 0.25) is 0 Å². The molecule has 1 unspecified atom stereocenters. The highest BCUT2D eigenvalue weighted by Crippen LogP contribution is 2.27. The number of nitriles is 1. The summed E-state index contributed by atoms with van der Waals surface area (Å²) in [6.45, 7) is 4.96. The number of thioether (sulfide) groups is 1. The zero-order valence-electron chi connectivity index (χ0n) is 13.2. The number of nitrogens with one attached hydrogen (secondary N) is 1. The van der Waals surface area contributed by atoms with Gasteiger partial charge < -0.3 is 5.32 Å². The molecule has 2 aromatic rings. The van der Waals surface area contributed by atoms with Crippen LogP contribution in [0.3, 0.4) is 0 Å². The largest absolute Gasteiger partial charge is 0.323 e. The molecule has 0 aliphatic rings. The molecule has 24 heavy (non-hydrogen) atoms. The van der Waals surface area contributed by atoms with E-state index in [1.165, 1.54) is 0 Å². The van der Waals surface area contributed by atoms with Crippen molar-refractivity contribution in [1.82, 2.24) is 9.97 Å². The molecule has 8 heteroatoms. The summed E-state index contributed by atoms with van der Waals surface area (Å²) in [5, 5.41) is 11.3. The Morgan fingerprint density at radius 3 is 2.71 bits per heavy atom. The maximum atomic E-state index is 13.6. The second-order valence-corrected chi connectivity index (χ2v) is 6.35. The van der Waals surface area contributed by atoms with Gasteiger partial charge >= 0.3 is 0 Å². The maximum Gasteiger partial charge on any atom is 0.237 e. The van der Waals surface area contributed by atoms with Gasteiger partial charge in [0.15, 0.2) is 0 Å². The van der Waals surface area contributed by atoms with E-state index in [4.69, 9.17) is 0 Å². The average molecular weight is 348 g/mol. The first-order chi connectivity index (χ1) is 11.3. The minimum absolute atomic E-state index is 0.233. The number of aryl methyl sites for hydroxylation is 2. The number of hydrogen-bond donors (Lipinski definition) is 1. The molecule has 0 aliphatic carbocycles. The Morgan fingerprint density at radius 2 is 2.04 bits per heavy atom. The first-order valence-electron chi connectivity index (χ1n) is 6.99. The van der Waals surface area contributed by atoms with Crippen LogP contribution < -0.4 is 5.32 Å². The lowest BCUT2D eigenvalue weighted by Crippen LogP contribution is -2.23. The van der Waals surface area contributed by atoms with Gasteiger partial charge in [-0.25, -0.2) is 18.7 Å². The lowest BCUT2D eigenvalue weighted by molar-refractivity contribution is -0.115. The molecule has 1 aromatic heterocycles. The van der Waals surface area contributed by atoms with Crippen molar-refractivity contribution in [2.45, 2.75) is 31.0 Å². The Hall–Kier alpha value is -2.53. The Bertz CT molecular complexity index is 836. The molecule has 1 atom stereocenters. The van der Waals surface area contributed by atoms with E-state index in [1.807, 2.05) is 6.07 Å². The summed E-state index contributed by atoms with van der Waals surface area (Å²) in [5.41, 5.74) is 0.585. The molecule has 0 fully saturated rings. The smallest absolute Gasteiger partial charge is 0.237 e. The molecule has 0 spiro atoms. The molecule has 0 saturated heterocycles. The number of carbonyl (C=O) groups is 1.